The summed E-state index contributed by atoms with van der Waals surface area (Å²) in [6, 6.07) is 11.0. The predicted octanol–water partition coefficient (Wildman–Crippen LogP) is 3.34. The Morgan fingerprint density at radius 3 is 2.84 bits per heavy atom. The number of hydrogen-bond acceptors (Lipinski definition) is 2. The third kappa shape index (κ3) is 3.61. The summed E-state index contributed by atoms with van der Waals surface area (Å²) in [7, 11) is 0. The fourth-order valence-corrected chi connectivity index (χ4v) is 2.01. The van der Waals surface area contributed by atoms with Gasteiger partial charge < -0.3 is 9.30 Å². The number of hydrogen-bond donors (Lipinski definition) is 0. The molecular weight excluding hydrogens is 262 g/mol. The summed E-state index contributed by atoms with van der Waals surface area (Å²) in [6.45, 7) is 3.05. The molecule has 0 radical (unpaired) electrons. The van der Waals surface area contributed by atoms with Gasteiger partial charge in [-0.25, -0.2) is 0 Å². The minimum atomic E-state index is -0.115. The van der Waals surface area contributed by atoms with Crippen molar-refractivity contribution in [2.75, 3.05) is 6.61 Å². The number of ether oxygens (including phenoxy) is 1. The smallest absolute Gasteiger partial charge is 0.293 e. The van der Waals surface area contributed by atoms with E-state index < -0.39 is 0 Å². The minimum Gasteiger partial charge on any atom is -0.488 e. The normalized spacial score (nSPS) is 10.4. The van der Waals surface area contributed by atoms with Crippen molar-refractivity contribution in [2.45, 2.75) is 19.9 Å². The molecule has 0 N–H and O–H groups in total. The van der Waals surface area contributed by atoms with Gasteiger partial charge >= 0.3 is 0 Å². The Labute approximate surface area is 117 Å². The van der Waals surface area contributed by atoms with E-state index in [2.05, 4.69) is 0 Å². The van der Waals surface area contributed by atoms with Gasteiger partial charge in [0.1, 0.15) is 0 Å². The molecule has 0 unspecified atom stereocenters. The summed E-state index contributed by atoms with van der Waals surface area (Å²) in [5, 5.41) is 0.670. The molecule has 100 valence electrons. The molecule has 2 rings (SSSR count). The Balaban J connectivity index is 2.23. The largest absolute Gasteiger partial charge is 0.488 e. The lowest BCUT2D eigenvalue weighted by atomic mass is 10.2. The van der Waals surface area contributed by atoms with E-state index in [-0.39, 0.29) is 5.56 Å². The lowest BCUT2D eigenvalue weighted by Crippen LogP contribution is -2.21. The molecule has 19 heavy (non-hydrogen) atoms. The second-order valence-corrected chi connectivity index (χ2v) is 4.72. The van der Waals surface area contributed by atoms with Gasteiger partial charge in [-0.15, -0.1) is 0 Å². The van der Waals surface area contributed by atoms with Crippen molar-refractivity contribution < 1.29 is 4.74 Å². The number of rotatable bonds is 5. The summed E-state index contributed by atoms with van der Waals surface area (Å²) < 4.78 is 7.05. The van der Waals surface area contributed by atoms with Crippen LogP contribution in [0.3, 0.4) is 0 Å². The number of aromatic nitrogens is 1. The van der Waals surface area contributed by atoms with Gasteiger partial charge in [0.2, 0.25) is 0 Å². The predicted molar refractivity (Wildman–Crippen MR) is 77.0 cm³/mol. The zero-order chi connectivity index (χ0) is 13.7. The van der Waals surface area contributed by atoms with Gasteiger partial charge in [-0.1, -0.05) is 30.7 Å². The number of nitrogens with zero attached hydrogens (tertiary/aromatic N) is 1. The Morgan fingerprint density at radius 1 is 1.26 bits per heavy atom. The van der Waals surface area contributed by atoms with Crippen molar-refractivity contribution in [2.24, 2.45) is 0 Å². The van der Waals surface area contributed by atoms with Crippen LogP contribution in [0.25, 0.3) is 0 Å². The Bertz CT molecular complexity index is 607. The van der Waals surface area contributed by atoms with E-state index in [0.29, 0.717) is 23.9 Å². The number of halogens is 1. The average Bonchev–Trinajstić information content (AvgIpc) is 2.40. The zero-order valence-electron chi connectivity index (χ0n) is 10.8. The maximum absolute atomic E-state index is 12.2. The maximum atomic E-state index is 12.2. The van der Waals surface area contributed by atoms with E-state index in [1.54, 1.807) is 16.8 Å². The van der Waals surface area contributed by atoms with Crippen LogP contribution >= 0.6 is 11.6 Å². The molecule has 0 spiro atoms. The maximum Gasteiger partial charge on any atom is 0.293 e. The molecule has 0 atom stereocenters. The van der Waals surface area contributed by atoms with Crippen molar-refractivity contribution in [1.82, 2.24) is 4.57 Å². The third-order valence-electron chi connectivity index (χ3n) is 2.69. The summed E-state index contributed by atoms with van der Waals surface area (Å²) in [4.78, 5) is 12.2. The van der Waals surface area contributed by atoms with E-state index in [1.807, 2.05) is 37.3 Å². The lowest BCUT2D eigenvalue weighted by molar-refractivity contribution is 0.310. The molecule has 2 aromatic rings. The molecule has 0 aliphatic rings. The van der Waals surface area contributed by atoms with Gasteiger partial charge in [-0.2, -0.15) is 0 Å². The Hall–Kier alpha value is -1.74. The van der Waals surface area contributed by atoms with E-state index in [4.69, 9.17) is 16.3 Å². The lowest BCUT2D eigenvalue weighted by Gasteiger charge is -2.09. The summed E-state index contributed by atoms with van der Waals surface area (Å²) in [6.07, 6.45) is 2.63. The molecule has 0 amide bonds. The van der Waals surface area contributed by atoms with E-state index in [1.165, 1.54) is 0 Å². The van der Waals surface area contributed by atoms with Crippen LogP contribution in [0.1, 0.15) is 18.9 Å². The van der Waals surface area contributed by atoms with Gasteiger partial charge in [0, 0.05) is 11.2 Å². The quantitative estimate of drug-likeness (QED) is 0.839. The summed E-state index contributed by atoms with van der Waals surface area (Å²) in [5.74, 6) is 0.395. The van der Waals surface area contributed by atoms with Gasteiger partial charge in [-0.3, -0.25) is 4.79 Å². The molecule has 4 heteroatoms. The van der Waals surface area contributed by atoms with Gasteiger partial charge in [0.15, 0.2) is 5.75 Å². The van der Waals surface area contributed by atoms with Gasteiger partial charge in [0.25, 0.3) is 5.56 Å². The first-order chi connectivity index (χ1) is 9.20. The fraction of sp³-hybridized carbons (Fsp3) is 0.267. The molecule has 1 aromatic heterocycles. The molecule has 0 saturated heterocycles. The molecule has 1 heterocycles. The molecule has 3 nitrogen and oxygen atoms in total. The molecular formula is C15H16ClNO2. The van der Waals surface area contributed by atoms with Crippen LogP contribution in [0, 0.1) is 0 Å². The molecule has 0 bridgehead atoms. The van der Waals surface area contributed by atoms with Crippen LogP contribution in [-0.2, 0) is 6.54 Å². The molecule has 0 aliphatic heterocycles. The first kappa shape index (κ1) is 13.7. The monoisotopic (exact) mass is 277 g/mol. The number of benzene rings is 1. The highest BCUT2D eigenvalue weighted by Gasteiger charge is 2.04. The second-order valence-electron chi connectivity index (χ2n) is 4.28. The Morgan fingerprint density at radius 2 is 2.11 bits per heavy atom. The second kappa shape index (κ2) is 6.43. The topological polar surface area (TPSA) is 31.2 Å². The van der Waals surface area contributed by atoms with Crippen LogP contribution < -0.4 is 10.3 Å². The van der Waals surface area contributed by atoms with Crippen LogP contribution in [0.5, 0.6) is 5.75 Å². The first-order valence-corrected chi connectivity index (χ1v) is 6.65. The number of pyridine rings is 1. The third-order valence-corrected chi connectivity index (χ3v) is 2.92. The standard InChI is InChI=1S/C15H16ClNO2/c1-2-9-19-14-7-4-8-17(15(14)18)11-12-5-3-6-13(16)10-12/h3-8,10H,2,9,11H2,1H3. The van der Waals surface area contributed by atoms with Crippen LogP contribution in [0.2, 0.25) is 5.02 Å². The zero-order valence-corrected chi connectivity index (χ0v) is 11.6. The van der Waals surface area contributed by atoms with Crippen molar-refractivity contribution in [3.8, 4) is 5.75 Å². The molecule has 0 aliphatic carbocycles. The SMILES string of the molecule is CCCOc1cccn(Cc2cccc(Cl)c2)c1=O. The average molecular weight is 278 g/mol. The first-order valence-electron chi connectivity index (χ1n) is 6.27. The highest BCUT2D eigenvalue weighted by molar-refractivity contribution is 6.30. The summed E-state index contributed by atoms with van der Waals surface area (Å²) in [5.41, 5.74) is 0.873. The van der Waals surface area contributed by atoms with Crippen molar-refractivity contribution in [1.29, 1.82) is 0 Å². The van der Waals surface area contributed by atoms with Crippen molar-refractivity contribution in [3.63, 3.8) is 0 Å². The van der Waals surface area contributed by atoms with Crippen LogP contribution in [0.4, 0.5) is 0 Å². The van der Waals surface area contributed by atoms with Gasteiger partial charge in [0.05, 0.1) is 13.2 Å². The fourth-order valence-electron chi connectivity index (χ4n) is 1.79. The molecule has 0 fully saturated rings. The van der Waals surface area contributed by atoms with E-state index in [9.17, 15) is 4.79 Å². The van der Waals surface area contributed by atoms with Gasteiger partial charge in [-0.05, 0) is 36.2 Å². The van der Waals surface area contributed by atoms with Crippen LogP contribution in [0.15, 0.2) is 47.4 Å². The van der Waals surface area contributed by atoms with Crippen LogP contribution in [-0.4, -0.2) is 11.2 Å². The molecule has 1 aromatic carbocycles. The minimum absolute atomic E-state index is 0.115. The van der Waals surface area contributed by atoms with E-state index >= 15 is 0 Å². The highest BCUT2D eigenvalue weighted by atomic mass is 35.5. The van der Waals surface area contributed by atoms with Crippen molar-refractivity contribution >= 4 is 11.6 Å². The van der Waals surface area contributed by atoms with Crippen molar-refractivity contribution in [3.05, 3.63) is 63.5 Å². The highest BCUT2D eigenvalue weighted by Crippen LogP contribution is 2.12. The molecule has 0 saturated carbocycles. The Kier molecular flexibility index (Phi) is 4.63. The van der Waals surface area contributed by atoms with E-state index in [0.717, 1.165) is 12.0 Å². The summed E-state index contributed by atoms with van der Waals surface area (Å²) >= 11 is 5.94.